The number of rotatable bonds is 5. The molecule has 2 aromatic heterocycles. The normalized spacial score (nSPS) is 11.4. The molecule has 0 aliphatic carbocycles. The molecule has 0 fully saturated rings. The van der Waals surface area contributed by atoms with Crippen LogP contribution in [-0.2, 0) is 9.84 Å². The fourth-order valence-electron chi connectivity index (χ4n) is 3.60. The second kappa shape index (κ2) is 8.47. The lowest BCUT2D eigenvalue weighted by Crippen LogP contribution is -2.10. The van der Waals surface area contributed by atoms with Crippen LogP contribution in [0.5, 0.6) is 0 Å². The number of anilines is 2. The zero-order valence-corrected chi connectivity index (χ0v) is 19.1. The maximum absolute atomic E-state index is 13.5. The summed E-state index contributed by atoms with van der Waals surface area (Å²) in [7, 11) is -3.87. The molecule has 0 aliphatic heterocycles. The summed E-state index contributed by atoms with van der Waals surface area (Å²) < 4.78 is 27.0. The minimum absolute atomic E-state index is 0.0196. The van der Waals surface area contributed by atoms with E-state index in [4.69, 9.17) is 0 Å². The Morgan fingerprint density at radius 1 is 0.844 bits per heavy atom. The average Bonchev–Trinajstić information content (AvgIpc) is 2.77. The van der Waals surface area contributed by atoms with Crippen molar-refractivity contribution >= 4 is 21.3 Å². The fraction of sp³-hybridized carbons (Fsp3) is 0.167. The van der Waals surface area contributed by atoms with Gasteiger partial charge in [0.1, 0.15) is 10.7 Å². The highest BCUT2D eigenvalue weighted by Crippen LogP contribution is 2.31. The molecule has 0 saturated carbocycles. The Balaban J connectivity index is 1.75. The Bertz CT molecular complexity index is 1360. The summed E-state index contributed by atoms with van der Waals surface area (Å²) in [5.41, 5.74) is 4.72. The lowest BCUT2D eigenvalue weighted by molar-refractivity contribution is 0.595. The number of nitrogens with one attached hydrogen (secondary N) is 1. The van der Waals surface area contributed by atoms with E-state index in [1.54, 1.807) is 49.6 Å². The number of aromatic nitrogens is 4. The van der Waals surface area contributed by atoms with Crippen LogP contribution in [0, 0.1) is 27.7 Å². The first-order valence-electron chi connectivity index (χ1n) is 10.1. The van der Waals surface area contributed by atoms with Crippen LogP contribution in [0.25, 0.3) is 11.4 Å². The quantitative estimate of drug-likeness (QED) is 0.474. The van der Waals surface area contributed by atoms with E-state index in [1.807, 2.05) is 32.9 Å². The molecular weight excluding hydrogens is 422 g/mol. The highest BCUT2D eigenvalue weighted by molar-refractivity contribution is 7.91. The van der Waals surface area contributed by atoms with Crippen molar-refractivity contribution in [3.8, 4) is 11.4 Å². The molecule has 7 nitrogen and oxygen atoms in total. The third-order valence-corrected chi connectivity index (χ3v) is 6.84. The number of sulfone groups is 1. The molecule has 32 heavy (non-hydrogen) atoms. The van der Waals surface area contributed by atoms with Crippen LogP contribution in [-0.4, -0.2) is 28.4 Å². The summed E-state index contributed by atoms with van der Waals surface area (Å²) in [4.78, 5) is 17.1. The van der Waals surface area contributed by atoms with Gasteiger partial charge in [0.2, 0.25) is 9.84 Å². The summed E-state index contributed by atoms with van der Waals surface area (Å²) in [6.07, 6.45) is 4.64. The van der Waals surface area contributed by atoms with Crippen molar-refractivity contribution in [2.24, 2.45) is 0 Å². The topological polar surface area (TPSA) is 97.7 Å². The first kappa shape index (κ1) is 21.6. The van der Waals surface area contributed by atoms with E-state index in [0.29, 0.717) is 11.6 Å². The fourth-order valence-corrected chi connectivity index (χ4v) is 4.89. The Labute approximate surface area is 187 Å². The van der Waals surface area contributed by atoms with Crippen molar-refractivity contribution in [3.63, 3.8) is 0 Å². The van der Waals surface area contributed by atoms with Crippen LogP contribution in [0.1, 0.15) is 22.5 Å². The lowest BCUT2D eigenvalue weighted by atomic mass is 10.1. The van der Waals surface area contributed by atoms with Crippen molar-refractivity contribution in [3.05, 3.63) is 83.6 Å². The molecule has 162 valence electrons. The van der Waals surface area contributed by atoms with Gasteiger partial charge in [0.05, 0.1) is 11.1 Å². The molecule has 8 heteroatoms. The lowest BCUT2D eigenvalue weighted by Gasteiger charge is -2.16. The number of hydrogen-bond donors (Lipinski definition) is 1. The van der Waals surface area contributed by atoms with Gasteiger partial charge in [-0.15, -0.1) is 0 Å². The standard InChI is InChI=1S/C24H23N5O2S/c1-15-12-16(2)22(17(3)13-15)29-24-21(14-27-18(4)28-24)32(30,31)20-8-6-19(7-9-20)23-25-10-5-11-26-23/h5-14H,1-4H3,(H,27,28,29). The number of nitrogens with zero attached hydrogens (tertiary/aromatic N) is 4. The van der Waals surface area contributed by atoms with Crippen molar-refractivity contribution in [2.75, 3.05) is 5.32 Å². The van der Waals surface area contributed by atoms with Gasteiger partial charge in [-0.2, -0.15) is 0 Å². The minimum Gasteiger partial charge on any atom is -0.339 e. The minimum atomic E-state index is -3.87. The van der Waals surface area contributed by atoms with Crippen LogP contribution in [0.15, 0.2) is 70.8 Å². The highest BCUT2D eigenvalue weighted by atomic mass is 32.2. The summed E-state index contributed by atoms with van der Waals surface area (Å²) in [6.45, 7) is 7.72. The molecule has 0 atom stereocenters. The molecule has 1 N–H and O–H groups in total. The SMILES string of the molecule is Cc1cc(C)c(Nc2nc(C)ncc2S(=O)(=O)c2ccc(-c3ncccn3)cc2)c(C)c1. The number of aryl methyl sites for hydroxylation is 4. The van der Waals surface area contributed by atoms with Gasteiger partial charge < -0.3 is 5.32 Å². The van der Waals surface area contributed by atoms with E-state index >= 15 is 0 Å². The summed E-state index contributed by atoms with van der Waals surface area (Å²) in [6, 6.07) is 12.3. The van der Waals surface area contributed by atoms with Crippen molar-refractivity contribution in [1.82, 2.24) is 19.9 Å². The molecule has 0 saturated heterocycles. The van der Waals surface area contributed by atoms with Gasteiger partial charge in [-0.25, -0.2) is 28.4 Å². The second-order valence-corrected chi connectivity index (χ2v) is 9.55. The smallest absolute Gasteiger partial charge is 0.211 e. The number of benzene rings is 2. The van der Waals surface area contributed by atoms with Crippen LogP contribution < -0.4 is 5.32 Å². The molecule has 2 heterocycles. The predicted octanol–water partition coefficient (Wildman–Crippen LogP) is 4.74. The highest BCUT2D eigenvalue weighted by Gasteiger charge is 2.24. The van der Waals surface area contributed by atoms with Crippen molar-refractivity contribution in [1.29, 1.82) is 0 Å². The zero-order valence-electron chi connectivity index (χ0n) is 18.3. The van der Waals surface area contributed by atoms with Gasteiger partial charge in [-0.1, -0.05) is 17.7 Å². The Morgan fingerprint density at radius 2 is 1.47 bits per heavy atom. The van der Waals surface area contributed by atoms with Crippen LogP contribution >= 0.6 is 0 Å². The maximum Gasteiger partial charge on any atom is 0.211 e. The van der Waals surface area contributed by atoms with Gasteiger partial charge in [0.25, 0.3) is 0 Å². The molecular formula is C24H23N5O2S. The molecule has 0 unspecified atom stereocenters. The first-order valence-corrected chi connectivity index (χ1v) is 11.5. The molecule has 2 aromatic carbocycles. The first-order chi connectivity index (χ1) is 15.3. The van der Waals surface area contributed by atoms with E-state index in [9.17, 15) is 8.42 Å². The molecule has 4 aromatic rings. The van der Waals surface area contributed by atoms with E-state index in [0.717, 1.165) is 27.9 Å². The molecule has 0 bridgehead atoms. The largest absolute Gasteiger partial charge is 0.339 e. The van der Waals surface area contributed by atoms with Gasteiger partial charge >= 0.3 is 0 Å². The Kier molecular flexibility index (Phi) is 5.71. The average molecular weight is 446 g/mol. The van der Waals surface area contributed by atoms with Gasteiger partial charge in [0, 0.05) is 23.6 Å². The third kappa shape index (κ3) is 4.22. The molecule has 0 amide bonds. The second-order valence-electron chi connectivity index (χ2n) is 7.63. The maximum atomic E-state index is 13.5. The summed E-state index contributed by atoms with van der Waals surface area (Å²) >= 11 is 0. The van der Waals surface area contributed by atoms with E-state index < -0.39 is 9.84 Å². The monoisotopic (exact) mass is 445 g/mol. The van der Waals surface area contributed by atoms with Gasteiger partial charge in [-0.05, 0) is 69.2 Å². The van der Waals surface area contributed by atoms with Crippen molar-refractivity contribution < 1.29 is 8.42 Å². The van der Waals surface area contributed by atoms with Crippen LogP contribution in [0.2, 0.25) is 0 Å². The Hall–Kier alpha value is -3.65. The molecule has 0 aliphatic rings. The predicted molar refractivity (Wildman–Crippen MR) is 124 cm³/mol. The molecule has 4 rings (SSSR count). The van der Waals surface area contributed by atoms with Crippen LogP contribution in [0.3, 0.4) is 0 Å². The summed E-state index contributed by atoms with van der Waals surface area (Å²) in [5.74, 6) is 1.26. The van der Waals surface area contributed by atoms with E-state index in [1.165, 1.54) is 6.20 Å². The number of hydrogen-bond acceptors (Lipinski definition) is 7. The van der Waals surface area contributed by atoms with Crippen LogP contribution in [0.4, 0.5) is 11.5 Å². The van der Waals surface area contributed by atoms with Gasteiger partial charge in [-0.3, -0.25) is 0 Å². The molecule has 0 radical (unpaired) electrons. The third-order valence-electron chi connectivity index (χ3n) is 5.07. The van der Waals surface area contributed by atoms with Gasteiger partial charge in [0.15, 0.2) is 11.6 Å². The summed E-state index contributed by atoms with van der Waals surface area (Å²) in [5, 5.41) is 3.24. The zero-order chi connectivity index (χ0) is 22.9. The van der Waals surface area contributed by atoms with Crippen molar-refractivity contribution in [2.45, 2.75) is 37.5 Å². The Morgan fingerprint density at radius 3 is 2.09 bits per heavy atom. The molecule has 0 spiro atoms. The van der Waals surface area contributed by atoms with E-state index in [2.05, 4.69) is 25.3 Å². The van der Waals surface area contributed by atoms with E-state index in [-0.39, 0.29) is 15.6 Å².